The number of rotatable bonds is 3. The van der Waals surface area contributed by atoms with Gasteiger partial charge in [0, 0.05) is 12.3 Å². The Bertz CT molecular complexity index is 747. The Kier molecular flexibility index (Phi) is 4.71. The zero-order valence-electron chi connectivity index (χ0n) is 12.2. The van der Waals surface area contributed by atoms with Gasteiger partial charge in [0.25, 0.3) is 5.91 Å². The summed E-state index contributed by atoms with van der Waals surface area (Å²) in [5, 5.41) is 0.572. The molecule has 0 bridgehead atoms. The molecule has 3 nitrogen and oxygen atoms in total. The molecule has 0 aromatic heterocycles. The monoisotopic (exact) mass is 332 g/mol. The van der Waals surface area contributed by atoms with Crippen molar-refractivity contribution in [3.63, 3.8) is 0 Å². The number of hydrogen-bond acceptors (Lipinski definition) is 3. The van der Waals surface area contributed by atoms with Crippen LogP contribution in [0.5, 0.6) is 0 Å². The van der Waals surface area contributed by atoms with Crippen molar-refractivity contribution in [2.24, 2.45) is 4.99 Å². The van der Waals surface area contributed by atoms with E-state index in [4.69, 9.17) is 0 Å². The standard InChI is InChI=1S/C17H14F2N2OS/c18-13-7-5-12(6-8-13)11-23-17-20-9-10-21(17)16(22)14-3-1-2-4-15(14)19/h1-8H,9-11H2. The molecule has 0 radical (unpaired) electrons. The van der Waals surface area contributed by atoms with Crippen LogP contribution in [-0.2, 0) is 5.75 Å². The Morgan fingerprint density at radius 1 is 1.13 bits per heavy atom. The van der Waals surface area contributed by atoms with Crippen molar-refractivity contribution in [2.45, 2.75) is 5.75 Å². The smallest absolute Gasteiger partial charge is 0.262 e. The molecule has 1 aliphatic heterocycles. The van der Waals surface area contributed by atoms with Gasteiger partial charge in [-0.1, -0.05) is 36.0 Å². The van der Waals surface area contributed by atoms with Crippen molar-refractivity contribution in [3.05, 3.63) is 71.3 Å². The minimum atomic E-state index is -0.535. The van der Waals surface area contributed by atoms with Gasteiger partial charge in [0.2, 0.25) is 0 Å². The first kappa shape index (κ1) is 15.7. The molecule has 0 N–H and O–H groups in total. The highest BCUT2D eigenvalue weighted by Gasteiger charge is 2.26. The fourth-order valence-electron chi connectivity index (χ4n) is 2.25. The van der Waals surface area contributed by atoms with Crippen molar-refractivity contribution < 1.29 is 13.6 Å². The lowest BCUT2D eigenvalue weighted by Gasteiger charge is -2.18. The first-order valence-electron chi connectivity index (χ1n) is 7.13. The summed E-state index contributed by atoms with van der Waals surface area (Å²) < 4.78 is 26.7. The number of amidine groups is 1. The molecular weight excluding hydrogens is 318 g/mol. The van der Waals surface area contributed by atoms with Crippen molar-refractivity contribution >= 4 is 22.8 Å². The molecule has 6 heteroatoms. The lowest BCUT2D eigenvalue weighted by atomic mass is 10.2. The van der Waals surface area contributed by atoms with Crippen molar-refractivity contribution in [1.82, 2.24) is 4.90 Å². The van der Waals surface area contributed by atoms with Crippen LogP contribution in [0.25, 0.3) is 0 Å². The number of amides is 1. The molecule has 3 rings (SSSR count). The van der Waals surface area contributed by atoms with Crippen LogP contribution < -0.4 is 0 Å². The molecule has 2 aromatic rings. The van der Waals surface area contributed by atoms with Crippen LogP contribution in [0.3, 0.4) is 0 Å². The van der Waals surface area contributed by atoms with Crippen LogP contribution in [0.15, 0.2) is 53.5 Å². The van der Waals surface area contributed by atoms with Crippen LogP contribution >= 0.6 is 11.8 Å². The molecule has 1 aliphatic rings. The largest absolute Gasteiger partial charge is 0.285 e. The Morgan fingerprint density at radius 3 is 2.61 bits per heavy atom. The Balaban J connectivity index is 1.69. The maximum atomic E-state index is 13.8. The van der Waals surface area contributed by atoms with E-state index in [1.807, 2.05) is 0 Å². The second-order valence-corrected chi connectivity index (χ2v) is 5.96. The van der Waals surface area contributed by atoms with Gasteiger partial charge in [-0.25, -0.2) is 8.78 Å². The molecular formula is C17H14F2N2OS. The Hall–Kier alpha value is -2.21. The minimum absolute atomic E-state index is 0.0458. The van der Waals surface area contributed by atoms with Gasteiger partial charge in [-0.2, -0.15) is 0 Å². The molecule has 0 atom stereocenters. The van der Waals surface area contributed by atoms with Crippen LogP contribution in [0.4, 0.5) is 8.78 Å². The second-order valence-electron chi connectivity index (χ2n) is 5.02. The number of thioether (sulfide) groups is 1. The van der Waals surface area contributed by atoms with E-state index in [2.05, 4.69) is 4.99 Å². The van der Waals surface area contributed by atoms with E-state index in [9.17, 15) is 13.6 Å². The van der Waals surface area contributed by atoms with Crippen LogP contribution in [-0.4, -0.2) is 29.1 Å². The van der Waals surface area contributed by atoms with Gasteiger partial charge in [-0.3, -0.25) is 14.7 Å². The summed E-state index contributed by atoms with van der Waals surface area (Å²) in [6.45, 7) is 0.949. The number of benzene rings is 2. The molecule has 2 aromatic carbocycles. The number of hydrogen-bond donors (Lipinski definition) is 0. The quantitative estimate of drug-likeness (QED) is 0.858. The van der Waals surface area contributed by atoms with Gasteiger partial charge in [0.15, 0.2) is 5.17 Å². The van der Waals surface area contributed by atoms with Gasteiger partial charge in [0.05, 0.1) is 12.1 Å². The molecule has 0 fully saturated rings. The van der Waals surface area contributed by atoms with E-state index in [1.54, 1.807) is 24.3 Å². The molecule has 0 aliphatic carbocycles. The first-order chi connectivity index (χ1) is 11.1. The summed E-state index contributed by atoms with van der Waals surface area (Å²) in [6, 6.07) is 12.1. The van der Waals surface area contributed by atoms with Crippen molar-refractivity contribution in [2.75, 3.05) is 13.1 Å². The summed E-state index contributed by atoms with van der Waals surface area (Å²) in [6.07, 6.45) is 0. The van der Waals surface area contributed by atoms with E-state index in [0.29, 0.717) is 24.0 Å². The van der Waals surface area contributed by atoms with E-state index in [-0.39, 0.29) is 17.3 Å². The predicted octanol–water partition coefficient (Wildman–Crippen LogP) is 3.71. The molecule has 0 unspecified atom stereocenters. The summed E-state index contributed by atoms with van der Waals surface area (Å²) in [7, 11) is 0. The summed E-state index contributed by atoms with van der Waals surface area (Å²) in [5.74, 6) is -0.633. The van der Waals surface area contributed by atoms with E-state index in [1.165, 1.54) is 40.9 Å². The van der Waals surface area contributed by atoms with E-state index in [0.717, 1.165) is 5.56 Å². The third-order valence-electron chi connectivity index (χ3n) is 3.43. The SMILES string of the molecule is O=C(c1ccccc1F)N1CCN=C1SCc1ccc(F)cc1. The normalized spacial score (nSPS) is 14.0. The number of carbonyl (C=O) groups excluding carboxylic acids is 1. The fraction of sp³-hybridized carbons (Fsp3) is 0.176. The Morgan fingerprint density at radius 2 is 1.87 bits per heavy atom. The number of carbonyl (C=O) groups is 1. The third kappa shape index (κ3) is 3.59. The average molecular weight is 332 g/mol. The van der Waals surface area contributed by atoms with Gasteiger partial charge in [-0.15, -0.1) is 0 Å². The molecule has 1 heterocycles. The highest BCUT2D eigenvalue weighted by molar-refractivity contribution is 8.13. The third-order valence-corrected chi connectivity index (χ3v) is 4.52. The van der Waals surface area contributed by atoms with Crippen LogP contribution in [0.2, 0.25) is 0 Å². The highest BCUT2D eigenvalue weighted by atomic mass is 32.2. The van der Waals surface area contributed by atoms with Gasteiger partial charge >= 0.3 is 0 Å². The van der Waals surface area contributed by atoms with Crippen molar-refractivity contribution in [1.29, 1.82) is 0 Å². The average Bonchev–Trinajstić information content (AvgIpc) is 3.03. The Labute approximate surface area is 137 Å². The van der Waals surface area contributed by atoms with Crippen LogP contribution in [0.1, 0.15) is 15.9 Å². The zero-order valence-corrected chi connectivity index (χ0v) is 13.0. The molecule has 23 heavy (non-hydrogen) atoms. The molecule has 1 amide bonds. The molecule has 0 saturated carbocycles. The lowest BCUT2D eigenvalue weighted by molar-refractivity contribution is 0.0856. The fourth-order valence-corrected chi connectivity index (χ4v) is 3.25. The number of halogens is 2. The van der Waals surface area contributed by atoms with Gasteiger partial charge in [-0.05, 0) is 29.8 Å². The lowest BCUT2D eigenvalue weighted by Crippen LogP contribution is -2.33. The van der Waals surface area contributed by atoms with Crippen molar-refractivity contribution in [3.8, 4) is 0 Å². The number of aliphatic imine (C=N–C) groups is 1. The van der Waals surface area contributed by atoms with Gasteiger partial charge < -0.3 is 0 Å². The predicted molar refractivity (Wildman–Crippen MR) is 87.4 cm³/mol. The summed E-state index contributed by atoms with van der Waals surface area (Å²) in [5.41, 5.74) is 0.980. The van der Waals surface area contributed by atoms with E-state index < -0.39 is 5.82 Å². The van der Waals surface area contributed by atoms with E-state index >= 15 is 0 Å². The minimum Gasteiger partial charge on any atom is -0.285 e. The first-order valence-corrected chi connectivity index (χ1v) is 8.12. The van der Waals surface area contributed by atoms with Crippen LogP contribution in [0, 0.1) is 11.6 Å². The van der Waals surface area contributed by atoms with Gasteiger partial charge in [0.1, 0.15) is 11.6 Å². The molecule has 0 spiro atoms. The summed E-state index contributed by atoms with van der Waals surface area (Å²) >= 11 is 1.39. The maximum absolute atomic E-state index is 13.8. The zero-order chi connectivity index (χ0) is 16.2. The topological polar surface area (TPSA) is 32.7 Å². The molecule has 0 saturated heterocycles. The summed E-state index contributed by atoms with van der Waals surface area (Å²) in [4.78, 5) is 18.3. The number of nitrogens with zero attached hydrogens (tertiary/aromatic N) is 2. The highest BCUT2D eigenvalue weighted by Crippen LogP contribution is 2.22. The molecule has 118 valence electrons. The maximum Gasteiger partial charge on any atom is 0.262 e. The second kappa shape index (κ2) is 6.91.